The van der Waals surface area contributed by atoms with Crippen molar-refractivity contribution in [1.29, 1.82) is 0 Å². The standard InChI is InChI=1S/C13H11N7O2/c21-12(8-20-13(22)3-1-4-17-20)18-10-7-11(15-9-14-10)19-6-2-5-16-19/h1-7,9H,8H2,(H,14,15,18,21). The van der Waals surface area contributed by atoms with Gasteiger partial charge in [0.2, 0.25) is 5.91 Å². The van der Waals surface area contributed by atoms with Gasteiger partial charge in [-0.1, -0.05) is 0 Å². The van der Waals surface area contributed by atoms with E-state index in [1.54, 1.807) is 29.2 Å². The first-order valence-electron chi connectivity index (χ1n) is 6.36. The minimum atomic E-state index is -0.411. The van der Waals surface area contributed by atoms with Gasteiger partial charge in [-0.2, -0.15) is 10.2 Å². The lowest BCUT2D eigenvalue weighted by molar-refractivity contribution is -0.117. The second-order valence-corrected chi connectivity index (χ2v) is 4.28. The van der Waals surface area contributed by atoms with Crippen LogP contribution in [0.4, 0.5) is 5.82 Å². The van der Waals surface area contributed by atoms with Gasteiger partial charge in [0.1, 0.15) is 18.7 Å². The van der Waals surface area contributed by atoms with Crippen LogP contribution in [0.5, 0.6) is 0 Å². The van der Waals surface area contributed by atoms with Crippen molar-refractivity contribution in [3.05, 3.63) is 59.5 Å². The highest BCUT2D eigenvalue weighted by Gasteiger charge is 2.08. The molecule has 3 aromatic heterocycles. The Morgan fingerprint density at radius 2 is 2.05 bits per heavy atom. The lowest BCUT2D eigenvalue weighted by atomic mass is 10.5. The van der Waals surface area contributed by atoms with E-state index in [-0.39, 0.29) is 12.1 Å². The molecule has 3 aromatic rings. The summed E-state index contributed by atoms with van der Waals surface area (Å²) in [5.41, 5.74) is -0.349. The van der Waals surface area contributed by atoms with Crippen molar-refractivity contribution in [2.45, 2.75) is 6.54 Å². The van der Waals surface area contributed by atoms with Crippen molar-refractivity contribution in [2.75, 3.05) is 5.32 Å². The molecule has 0 aromatic carbocycles. The molecule has 1 amide bonds. The fourth-order valence-electron chi connectivity index (χ4n) is 1.77. The van der Waals surface area contributed by atoms with Crippen molar-refractivity contribution in [2.24, 2.45) is 0 Å². The van der Waals surface area contributed by atoms with Crippen LogP contribution in [-0.2, 0) is 11.3 Å². The van der Waals surface area contributed by atoms with Crippen molar-refractivity contribution < 1.29 is 4.79 Å². The molecule has 0 unspecified atom stereocenters. The zero-order valence-electron chi connectivity index (χ0n) is 11.3. The molecule has 0 aliphatic rings. The maximum absolute atomic E-state index is 11.9. The lowest BCUT2D eigenvalue weighted by Crippen LogP contribution is -2.28. The maximum atomic E-state index is 11.9. The van der Waals surface area contributed by atoms with Gasteiger partial charge in [0, 0.05) is 30.7 Å². The highest BCUT2D eigenvalue weighted by molar-refractivity contribution is 5.89. The third-order valence-corrected chi connectivity index (χ3v) is 2.74. The lowest BCUT2D eigenvalue weighted by Gasteiger charge is -2.06. The van der Waals surface area contributed by atoms with E-state index in [1.807, 2.05) is 0 Å². The van der Waals surface area contributed by atoms with E-state index in [4.69, 9.17) is 0 Å². The van der Waals surface area contributed by atoms with Crippen molar-refractivity contribution in [1.82, 2.24) is 29.5 Å². The van der Waals surface area contributed by atoms with E-state index in [0.29, 0.717) is 11.6 Å². The second kappa shape index (κ2) is 5.95. The van der Waals surface area contributed by atoms with Crippen LogP contribution >= 0.6 is 0 Å². The highest BCUT2D eigenvalue weighted by atomic mass is 16.2. The van der Waals surface area contributed by atoms with Crippen LogP contribution in [0.25, 0.3) is 5.82 Å². The first-order valence-corrected chi connectivity index (χ1v) is 6.36. The van der Waals surface area contributed by atoms with Gasteiger partial charge in [-0.05, 0) is 12.1 Å². The van der Waals surface area contributed by atoms with Crippen molar-refractivity contribution in [3.8, 4) is 5.82 Å². The summed E-state index contributed by atoms with van der Waals surface area (Å²) in [5.74, 6) is 0.422. The number of nitrogens with one attached hydrogen (secondary N) is 1. The van der Waals surface area contributed by atoms with Gasteiger partial charge in [-0.3, -0.25) is 9.59 Å². The molecular formula is C13H11N7O2. The van der Waals surface area contributed by atoms with Crippen LogP contribution in [0.3, 0.4) is 0 Å². The van der Waals surface area contributed by atoms with Gasteiger partial charge in [0.05, 0.1) is 0 Å². The van der Waals surface area contributed by atoms with Crippen molar-refractivity contribution in [3.63, 3.8) is 0 Å². The molecule has 0 saturated carbocycles. The van der Waals surface area contributed by atoms with E-state index >= 15 is 0 Å². The number of hydrogen-bond acceptors (Lipinski definition) is 6. The summed E-state index contributed by atoms with van der Waals surface area (Å²) in [6, 6.07) is 6.18. The Bertz CT molecular complexity index is 841. The summed E-state index contributed by atoms with van der Waals surface area (Å²) in [5, 5.41) is 10.4. The Kier molecular flexibility index (Phi) is 3.69. The smallest absolute Gasteiger partial charge is 0.267 e. The van der Waals surface area contributed by atoms with Crippen LogP contribution in [0.15, 0.2) is 54.0 Å². The van der Waals surface area contributed by atoms with Gasteiger partial charge in [-0.25, -0.2) is 19.3 Å². The zero-order valence-corrected chi connectivity index (χ0v) is 11.3. The molecule has 110 valence electrons. The summed E-state index contributed by atoms with van der Waals surface area (Å²) < 4.78 is 2.60. The molecule has 0 aliphatic heterocycles. The molecule has 0 atom stereocenters. The summed E-state index contributed by atoms with van der Waals surface area (Å²) in [6.45, 7) is -0.194. The number of nitrogens with zero attached hydrogens (tertiary/aromatic N) is 6. The molecule has 0 bridgehead atoms. The SMILES string of the molecule is O=C(Cn1ncccc1=O)Nc1cc(-n2cccn2)ncn1. The second-order valence-electron chi connectivity index (χ2n) is 4.28. The van der Waals surface area contributed by atoms with Gasteiger partial charge in [0.25, 0.3) is 5.56 Å². The fraction of sp³-hybridized carbons (Fsp3) is 0.0769. The Morgan fingerprint density at radius 1 is 1.18 bits per heavy atom. The van der Waals surface area contributed by atoms with Crippen LogP contribution < -0.4 is 10.9 Å². The zero-order chi connectivity index (χ0) is 15.4. The minimum Gasteiger partial charge on any atom is -0.309 e. The number of rotatable bonds is 4. The number of carbonyl (C=O) groups excluding carboxylic acids is 1. The summed E-state index contributed by atoms with van der Waals surface area (Å²) in [4.78, 5) is 31.5. The average Bonchev–Trinajstić information content (AvgIpc) is 3.04. The average molecular weight is 297 g/mol. The summed E-state index contributed by atoms with van der Waals surface area (Å²) >= 11 is 0. The Morgan fingerprint density at radius 3 is 2.82 bits per heavy atom. The summed E-state index contributed by atoms with van der Waals surface area (Å²) in [7, 11) is 0. The van der Waals surface area contributed by atoms with Crippen LogP contribution in [0, 0.1) is 0 Å². The van der Waals surface area contributed by atoms with Crippen LogP contribution in [0.1, 0.15) is 0 Å². The fourth-order valence-corrected chi connectivity index (χ4v) is 1.77. The molecule has 0 fully saturated rings. The molecular weight excluding hydrogens is 286 g/mol. The van der Waals surface area contributed by atoms with E-state index in [1.165, 1.54) is 24.7 Å². The minimum absolute atomic E-state index is 0.194. The van der Waals surface area contributed by atoms with Gasteiger partial charge in [-0.15, -0.1) is 0 Å². The van der Waals surface area contributed by atoms with E-state index in [2.05, 4.69) is 25.5 Å². The van der Waals surface area contributed by atoms with E-state index in [9.17, 15) is 9.59 Å². The quantitative estimate of drug-likeness (QED) is 0.718. The first kappa shape index (κ1) is 13.6. The molecule has 3 heterocycles. The monoisotopic (exact) mass is 297 g/mol. The third kappa shape index (κ3) is 3.03. The first-order chi connectivity index (χ1) is 10.7. The van der Waals surface area contributed by atoms with Gasteiger partial charge in [0.15, 0.2) is 5.82 Å². The predicted molar refractivity (Wildman–Crippen MR) is 76.3 cm³/mol. The highest BCUT2D eigenvalue weighted by Crippen LogP contribution is 2.07. The predicted octanol–water partition coefficient (Wildman–Crippen LogP) is -0.142. The molecule has 9 heteroatoms. The van der Waals surface area contributed by atoms with E-state index in [0.717, 1.165) is 4.68 Å². The molecule has 22 heavy (non-hydrogen) atoms. The largest absolute Gasteiger partial charge is 0.309 e. The number of carbonyl (C=O) groups is 1. The molecule has 9 nitrogen and oxygen atoms in total. The number of aromatic nitrogens is 6. The van der Waals surface area contributed by atoms with Crippen LogP contribution in [0.2, 0.25) is 0 Å². The van der Waals surface area contributed by atoms with Gasteiger partial charge >= 0.3 is 0 Å². The Balaban J connectivity index is 1.73. The van der Waals surface area contributed by atoms with Gasteiger partial charge < -0.3 is 5.32 Å². The molecule has 0 saturated heterocycles. The third-order valence-electron chi connectivity index (χ3n) is 2.74. The van der Waals surface area contributed by atoms with Crippen LogP contribution in [-0.4, -0.2) is 35.4 Å². The molecule has 0 radical (unpaired) electrons. The maximum Gasteiger partial charge on any atom is 0.267 e. The Hall–Kier alpha value is -3.36. The summed E-state index contributed by atoms with van der Waals surface area (Å²) in [6.07, 6.45) is 6.10. The Labute approximate surface area is 124 Å². The molecule has 0 spiro atoms. The molecule has 0 aliphatic carbocycles. The molecule has 1 N–H and O–H groups in total. The normalized spacial score (nSPS) is 10.4. The molecule has 3 rings (SSSR count). The topological polar surface area (TPSA) is 108 Å². The number of amides is 1. The number of hydrogen-bond donors (Lipinski definition) is 1. The number of anilines is 1. The van der Waals surface area contributed by atoms with Crippen molar-refractivity contribution >= 4 is 11.7 Å². The van der Waals surface area contributed by atoms with E-state index < -0.39 is 5.91 Å².